The maximum Gasteiger partial charge on any atom is 0.323 e. The number of ether oxygens (including phenoxy) is 2. The molecular weight excluding hydrogens is 325 g/mol. The van der Waals surface area contributed by atoms with Crippen LogP contribution in [-0.4, -0.2) is 31.6 Å². The molecule has 0 amide bonds. The van der Waals surface area contributed by atoms with Crippen LogP contribution in [0.5, 0.6) is 5.75 Å². The van der Waals surface area contributed by atoms with Crippen molar-refractivity contribution in [3.05, 3.63) is 29.3 Å². The topological polar surface area (TPSA) is 56.8 Å². The quantitative estimate of drug-likeness (QED) is 0.527. The van der Waals surface area contributed by atoms with Crippen LogP contribution in [0.2, 0.25) is 0 Å². The molecule has 0 aliphatic heterocycles. The van der Waals surface area contributed by atoms with Crippen molar-refractivity contribution in [2.45, 2.75) is 59.6 Å². The number of aryl methyl sites for hydroxylation is 1. The molecule has 2 atom stereocenters. The van der Waals surface area contributed by atoms with Gasteiger partial charge in [-0.25, -0.2) is 5.09 Å². The van der Waals surface area contributed by atoms with Crippen molar-refractivity contribution >= 4 is 14.3 Å². The van der Waals surface area contributed by atoms with Gasteiger partial charge in [0, 0.05) is 7.11 Å². The van der Waals surface area contributed by atoms with Gasteiger partial charge < -0.3 is 14.0 Å². The number of methoxy groups -OCH3 is 1. The minimum Gasteiger partial charge on any atom is -0.462 e. The van der Waals surface area contributed by atoms with Gasteiger partial charge in [-0.05, 0) is 50.8 Å². The lowest BCUT2D eigenvalue weighted by molar-refractivity contribution is -0.148. The van der Waals surface area contributed by atoms with Crippen LogP contribution >= 0.6 is 8.30 Å². The molecule has 0 aromatic heterocycles. The summed E-state index contributed by atoms with van der Waals surface area (Å²) in [6, 6.07) is 5.74. The molecule has 0 aliphatic rings. The smallest absolute Gasteiger partial charge is 0.323 e. The number of carbonyl (C=O) groups is 1. The Kier molecular flexibility index (Phi) is 8.68. The van der Waals surface area contributed by atoms with Crippen LogP contribution in [0.3, 0.4) is 0 Å². The van der Waals surface area contributed by atoms with E-state index in [4.69, 9.17) is 14.0 Å². The first kappa shape index (κ1) is 20.9. The minimum absolute atomic E-state index is 0.138. The Morgan fingerprint density at radius 2 is 1.88 bits per heavy atom. The third-order valence-corrected chi connectivity index (χ3v) is 4.87. The molecule has 24 heavy (non-hydrogen) atoms. The summed E-state index contributed by atoms with van der Waals surface area (Å²) in [6.45, 7) is 11.7. The monoisotopic (exact) mass is 355 g/mol. The molecule has 0 saturated carbocycles. The number of hydrogen-bond donors (Lipinski definition) is 1. The Balaban J connectivity index is 2.86. The second-order valence-electron chi connectivity index (χ2n) is 6.42. The minimum atomic E-state index is -1.16. The van der Waals surface area contributed by atoms with Crippen LogP contribution in [0.15, 0.2) is 18.2 Å². The molecule has 0 aliphatic carbocycles. The van der Waals surface area contributed by atoms with Gasteiger partial charge in [0.25, 0.3) is 0 Å². The van der Waals surface area contributed by atoms with Gasteiger partial charge in [-0.15, -0.1) is 0 Å². The van der Waals surface area contributed by atoms with Gasteiger partial charge >= 0.3 is 5.97 Å². The molecule has 0 fully saturated rings. The largest absolute Gasteiger partial charge is 0.462 e. The maximum atomic E-state index is 12.0. The zero-order chi connectivity index (χ0) is 18.3. The number of esters is 1. The van der Waals surface area contributed by atoms with Crippen molar-refractivity contribution in [3.8, 4) is 5.75 Å². The Bertz CT molecular complexity index is 534. The van der Waals surface area contributed by atoms with Crippen LogP contribution in [0.25, 0.3) is 0 Å². The van der Waals surface area contributed by atoms with E-state index < -0.39 is 14.3 Å². The molecule has 1 unspecified atom stereocenters. The summed E-state index contributed by atoms with van der Waals surface area (Å²) in [7, 11) is 0.462. The average Bonchev–Trinajstić information content (AvgIpc) is 2.46. The summed E-state index contributed by atoms with van der Waals surface area (Å²) in [4.78, 5) is 12.0. The number of nitrogens with one attached hydrogen (secondary N) is 1. The highest BCUT2D eigenvalue weighted by Gasteiger charge is 2.23. The van der Waals surface area contributed by atoms with Gasteiger partial charge in [-0.2, -0.15) is 0 Å². The number of benzene rings is 1. The van der Waals surface area contributed by atoms with Crippen LogP contribution in [0.4, 0.5) is 0 Å². The fourth-order valence-electron chi connectivity index (χ4n) is 2.13. The standard InChI is InChI=1S/C18H30NO4P/c1-12(2)16-9-8-14(5)10-17(16)23-24(11-21-7)19-15(6)18(20)22-13(3)4/h8-10,12-13,15,19H,11H2,1-7H3/t15-,24?/m0/s1. The first-order chi connectivity index (χ1) is 11.2. The van der Waals surface area contributed by atoms with Gasteiger partial charge in [0.15, 0.2) is 8.30 Å². The van der Waals surface area contributed by atoms with Gasteiger partial charge in [-0.3, -0.25) is 4.79 Å². The van der Waals surface area contributed by atoms with Crippen molar-refractivity contribution in [2.24, 2.45) is 0 Å². The average molecular weight is 355 g/mol. The SMILES string of the molecule is COCP(N[C@@H](C)C(=O)OC(C)C)Oc1cc(C)ccc1C(C)C. The molecule has 0 spiro atoms. The Morgan fingerprint density at radius 1 is 1.21 bits per heavy atom. The van der Waals surface area contributed by atoms with Gasteiger partial charge in [-0.1, -0.05) is 26.0 Å². The van der Waals surface area contributed by atoms with Crippen molar-refractivity contribution in [3.63, 3.8) is 0 Å². The normalized spacial score (nSPS) is 13.9. The molecule has 5 nitrogen and oxygen atoms in total. The van der Waals surface area contributed by atoms with Crippen LogP contribution in [0.1, 0.15) is 51.7 Å². The van der Waals surface area contributed by atoms with Crippen molar-refractivity contribution < 1.29 is 18.8 Å². The zero-order valence-electron chi connectivity index (χ0n) is 15.8. The van der Waals surface area contributed by atoms with E-state index in [0.29, 0.717) is 12.3 Å². The molecule has 6 heteroatoms. The molecule has 1 aromatic carbocycles. The van der Waals surface area contributed by atoms with Gasteiger partial charge in [0.05, 0.1) is 6.10 Å². The summed E-state index contributed by atoms with van der Waals surface area (Å²) in [5.41, 5.74) is 2.28. The summed E-state index contributed by atoms with van der Waals surface area (Å²) in [6.07, 6.45) is 0.251. The van der Waals surface area contributed by atoms with Crippen molar-refractivity contribution in [2.75, 3.05) is 13.5 Å². The first-order valence-corrected chi connectivity index (χ1v) is 9.70. The van der Waals surface area contributed by atoms with E-state index in [2.05, 4.69) is 31.1 Å². The lowest BCUT2D eigenvalue weighted by atomic mass is 10.0. The third kappa shape index (κ3) is 6.76. The Labute approximate surface area is 147 Å². The van der Waals surface area contributed by atoms with Crippen LogP contribution in [-0.2, 0) is 14.3 Å². The number of rotatable bonds is 9. The molecule has 0 bridgehead atoms. The summed E-state index contributed by atoms with van der Waals surface area (Å²) >= 11 is 0. The fraction of sp³-hybridized carbons (Fsp3) is 0.611. The Morgan fingerprint density at radius 3 is 2.42 bits per heavy atom. The van der Waals surface area contributed by atoms with Crippen LogP contribution in [0, 0.1) is 6.92 Å². The second-order valence-corrected chi connectivity index (χ2v) is 7.88. The first-order valence-electron chi connectivity index (χ1n) is 8.26. The number of carbonyl (C=O) groups excluding carboxylic acids is 1. The summed E-state index contributed by atoms with van der Waals surface area (Å²) < 4.78 is 16.7. The molecule has 1 aromatic rings. The van der Waals surface area contributed by atoms with E-state index in [0.717, 1.165) is 16.9 Å². The third-order valence-electron chi connectivity index (χ3n) is 3.29. The van der Waals surface area contributed by atoms with E-state index in [9.17, 15) is 4.79 Å². The van der Waals surface area contributed by atoms with Crippen molar-refractivity contribution in [1.29, 1.82) is 0 Å². The summed E-state index contributed by atoms with van der Waals surface area (Å²) in [5.74, 6) is 0.902. The van der Waals surface area contributed by atoms with E-state index in [1.54, 1.807) is 14.0 Å². The highest BCUT2D eigenvalue weighted by Crippen LogP contribution is 2.39. The fourth-order valence-corrected chi connectivity index (χ4v) is 3.47. The van der Waals surface area contributed by atoms with Crippen LogP contribution < -0.4 is 9.61 Å². The maximum absolute atomic E-state index is 12.0. The summed E-state index contributed by atoms with van der Waals surface area (Å²) in [5, 5.41) is 3.20. The molecule has 1 rings (SSSR count). The molecule has 0 radical (unpaired) electrons. The number of hydrogen-bond acceptors (Lipinski definition) is 5. The predicted molar refractivity (Wildman–Crippen MR) is 98.5 cm³/mol. The van der Waals surface area contributed by atoms with Gasteiger partial charge in [0.2, 0.25) is 0 Å². The van der Waals surface area contributed by atoms with E-state index in [1.807, 2.05) is 26.8 Å². The second kappa shape index (κ2) is 9.97. The molecule has 0 heterocycles. The van der Waals surface area contributed by atoms with Crippen molar-refractivity contribution in [1.82, 2.24) is 5.09 Å². The van der Waals surface area contributed by atoms with Gasteiger partial charge in [0.1, 0.15) is 18.1 Å². The zero-order valence-corrected chi connectivity index (χ0v) is 16.6. The highest BCUT2D eigenvalue weighted by atomic mass is 31.2. The van der Waals surface area contributed by atoms with E-state index in [1.165, 1.54) is 0 Å². The highest BCUT2D eigenvalue weighted by molar-refractivity contribution is 7.50. The lowest BCUT2D eigenvalue weighted by Gasteiger charge is -2.24. The van der Waals surface area contributed by atoms with E-state index in [-0.39, 0.29) is 12.1 Å². The lowest BCUT2D eigenvalue weighted by Crippen LogP contribution is -2.35. The predicted octanol–water partition coefficient (Wildman–Crippen LogP) is 4.34. The molecular formula is C18H30NO4P. The molecule has 0 saturated heterocycles. The molecule has 1 N–H and O–H groups in total. The molecule has 136 valence electrons. The Hall–Kier alpha value is -1.16. The van der Waals surface area contributed by atoms with E-state index >= 15 is 0 Å².